The third kappa shape index (κ3) is 2.73. The van der Waals surface area contributed by atoms with Gasteiger partial charge in [0.2, 0.25) is 5.95 Å². The van der Waals surface area contributed by atoms with E-state index in [1.807, 2.05) is 31.4 Å². The van der Waals surface area contributed by atoms with Crippen molar-refractivity contribution in [2.45, 2.75) is 33.9 Å². The minimum Gasteiger partial charge on any atom is -0.297 e. The molecule has 0 N–H and O–H groups in total. The van der Waals surface area contributed by atoms with Crippen molar-refractivity contribution < 1.29 is 0 Å². The molecule has 2 aromatic rings. The molecule has 132 valence electrons. The van der Waals surface area contributed by atoms with Crippen LogP contribution in [0.15, 0.2) is 39.0 Å². The van der Waals surface area contributed by atoms with Gasteiger partial charge in [-0.1, -0.05) is 24.3 Å². The van der Waals surface area contributed by atoms with E-state index < -0.39 is 0 Å². The van der Waals surface area contributed by atoms with Gasteiger partial charge in [-0.25, -0.2) is 9.80 Å². The number of hydrazone groups is 1. The molecule has 0 aromatic carbocycles. The summed E-state index contributed by atoms with van der Waals surface area (Å²) in [7, 11) is 1.63. The number of aromatic nitrogens is 4. The largest absolute Gasteiger partial charge is 0.332 e. The molecule has 8 heteroatoms. The fraction of sp³-hybridized carbons (Fsp3) is 0.412. The summed E-state index contributed by atoms with van der Waals surface area (Å²) in [5, 5.41) is 6.23. The number of anilines is 1. The molecule has 1 aliphatic rings. The number of allylic oxidation sites excluding steroid dienone is 2. The summed E-state index contributed by atoms with van der Waals surface area (Å²) in [6.45, 7) is 10.8. The van der Waals surface area contributed by atoms with E-state index in [9.17, 15) is 9.59 Å². The second kappa shape index (κ2) is 6.19. The van der Waals surface area contributed by atoms with E-state index >= 15 is 0 Å². The zero-order valence-electron chi connectivity index (χ0n) is 15.0. The quantitative estimate of drug-likeness (QED) is 0.784. The average molecular weight is 342 g/mol. The van der Waals surface area contributed by atoms with Crippen molar-refractivity contribution in [2.75, 3.05) is 11.6 Å². The molecule has 8 nitrogen and oxygen atoms in total. The highest BCUT2D eigenvalue weighted by Crippen LogP contribution is 2.24. The van der Waals surface area contributed by atoms with Crippen molar-refractivity contribution in [2.24, 2.45) is 12.1 Å². The maximum Gasteiger partial charge on any atom is 0.332 e. The van der Waals surface area contributed by atoms with Crippen LogP contribution in [0.4, 0.5) is 5.95 Å². The fourth-order valence-corrected chi connectivity index (χ4v) is 2.95. The molecule has 1 aliphatic heterocycles. The van der Waals surface area contributed by atoms with Crippen molar-refractivity contribution in [3.05, 3.63) is 45.1 Å². The summed E-state index contributed by atoms with van der Waals surface area (Å²) >= 11 is 0. The van der Waals surface area contributed by atoms with E-state index in [-0.39, 0.29) is 17.8 Å². The lowest BCUT2D eigenvalue weighted by Gasteiger charge is -2.24. The number of imidazole rings is 1. The highest BCUT2D eigenvalue weighted by Gasteiger charge is 2.26. The molecule has 0 aliphatic carbocycles. The van der Waals surface area contributed by atoms with Gasteiger partial charge in [0.15, 0.2) is 11.2 Å². The first kappa shape index (κ1) is 16.9. The molecule has 25 heavy (non-hydrogen) atoms. The Balaban J connectivity index is 2.32. The molecule has 3 rings (SSSR count). The first-order valence-corrected chi connectivity index (χ1v) is 8.12. The maximum absolute atomic E-state index is 13.0. The predicted octanol–water partition coefficient (Wildman–Crippen LogP) is 1.24. The van der Waals surface area contributed by atoms with Crippen LogP contribution in [0.3, 0.4) is 0 Å². The third-order valence-corrected chi connectivity index (χ3v) is 4.06. The van der Waals surface area contributed by atoms with Crippen molar-refractivity contribution >= 4 is 22.8 Å². The molecular weight excluding hydrogens is 320 g/mol. The molecular formula is C17H22N6O2. The zero-order chi connectivity index (χ0) is 18.3. The molecule has 0 amide bonds. The Morgan fingerprint density at radius 2 is 2.08 bits per heavy atom. The number of hydrogen-bond acceptors (Lipinski definition) is 5. The van der Waals surface area contributed by atoms with Crippen LogP contribution in [0, 0.1) is 0 Å². The normalized spacial score (nSPS) is 14.2. The van der Waals surface area contributed by atoms with Gasteiger partial charge in [-0.2, -0.15) is 10.1 Å². The zero-order valence-corrected chi connectivity index (χ0v) is 15.0. The minimum atomic E-state index is -0.380. The highest BCUT2D eigenvalue weighted by molar-refractivity contribution is 5.87. The van der Waals surface area contributed by atoms with Crippen molar-refractivity contribution in [3.63, 3.8) is 0 Å². The summed E-state index contributed by atoms with van der Waals surface area (Å²) in [6.07, 6.45) is 3.59. The molecule has 0 bridgehead atoms. The SMILES string of the molecule is C=C(C)CN1N=C(C)Cn2c1nc1c2c(=O)n(C/C=C/C)c(=O)n1C. The van der Waals surface area contributed by atoms with E-state index in [2.05, 4.69) is 16.7 Å². The molecule has 0 radical (unpaired) electrons. The van der Waals surface area contributed by atoms with E-state index in [0.717, 1.165) is 11.3 Å². The van der Waals surface area contributed by atoms with Crippen LogP contribution in [-0.2, 0) is 20.1 Å². The number of rotatable bonds is 4. The average Bonchev–Trinajstić information content (AvgIpc) is 2.92. The third-order valence-electron chi connectivity index (χ3n) is 4.06. The lowest BCUT2D eigenvalue weighted by atomic mass is 10.3. The number of hydrogen-bond donors (Lipinski definition) is 0. The Morgan fingerprint density at radius 3 is 2.72 bits per heavy atom. The Labute approximate surface area is 145 Å². The van der Waals surface area contributed by atoms with Gasteiger partial charge >= 0.3 is 5.69 Å². The van der Waals surface area contributed by atoms with Crippen LogP contribution in [0.25, 0.3) is 11.2 Å². The van der Waals surface area contributed by atoms with E-state index in [0.29, 0.717) is 30.2 Å². The van der Waals surface area contributed by atoms with Gasteiger partial charge in [0, 0.05) is 13.6 Å². The summed E-state index contributed by atoms with van der Waals surface area (Å²) in [6, 6.07) is 0. The molecule has 0 unspecified atom stereocenters. The summed E-state index contributed by atoms with van der Waals surface area (Å²) in [5.41, 5.74) is 1.87. The van der Waals surface area contributed by atoms with Gasteiger partial charge in [-0.15, -0.1) is 0 Å². The predicted molar refractivity (Wildman–Crippen MR) is 99.3 cm³/mol. The van der Waals surface area contributed by atoms with Crippen LogP contribution < -0.4 is 16.3 Å². The monoisotopic (exact) mass is 342 g/mol. The lowest BCUT2D eigenvalue weighted by Crippen LogP contribution is -2.39. The number of fused-ring (bicyclic) bond motifs is 3. The molecule has 0 saturated heterocycles. The number of aryl methyl sites for hydroxylation is 1. The van der Waals surface area contributed by atoms with Crippen LogP contribution in [-0.4, -0.2) is 30.9 Å². The Bertz CT molecular complexity index is 1030. The van der Waals surface area contributed by atoms with Gasteiger partial charge in [-0.05, 0) is 20.8 Å². The fourth-order valence-electron chi connectivity index (χ4n) is 2.95. The molecule has 0 spiro atoms. The van der Waals surface area contributed by atoms with E-state index in [1.54, 1.807) is 18.1 Å². The van der Waals surface area contributed by atoms with Crippen LogP contribution >= 0.6 is 0 Å². The number of nitrogens with zero attached hydrogens (tertiary/aromatic N) is 6. The second-order valence-electron chi connectivity index (χ2n) is 6.35. The molecule has 0 fully saturated rings. The van der Waals surface area contributed by atoms with Crippen molar-refractivity contribution in [1.82, 2.24) is 18.7 Å². The van der Waals surface area contributed by atoms with Gasteiger partial charge in [0.05, 0.1) is 18.8 Å². The minimum absolute atomic E-state index is 0.237. The van der Waals surface area contributed by atoms with Crippen molar-refractivity contribution in [1.29, 1.82) is 0 Å². The summed E-state index contributed by atoms with van der Waals surface area (Å²) < 4.78 is 4.47. The van der Waals surface area contributed by atoms with Gasteiger partial charge in [0.1, 0.15) is 0 Å². The maximum atomic E-state index is 13.0. The van der Waals surface area contributed by atoms with E-state index in [1.165, 1.54) is 9.13 Å². The molecule has 0 atom stereocenters. The topological polar surface area (TPSA) is 77.4 Å². The van der Waals surface area contributed by atoms with Crippen LogP contribution in [0.2, 0.25) is 0 Å². The second-order valence-corrected chi connectivity index (χ2v) is 6.35. The molecule has 3 heterocycles. The van der Waals surface area contributed by atoms with Gasteiger partial charge < -0.3 is 0 Å². The smallest absolute Gasteiger partial charge is 0.297 e. The van der Waals surface area contributed by atoms with Crippen molar-refractivity contribution in [3.8, 4) is 0 Å². The lowest BCUT2D eigenvalue weighted by molar-refractivity contribution is 0.663. The highest BCUT2D eigenvalue weighted by atomic mass is 16.2. The van der Waals surface area contributed by atoms with Gasteiger partial charge in [-0.3, -0.25) is 18.5 Å². The summed E-state index contributed by atoms with van der Waals surface area (Å²) in [4.78, 5) is 30.0. The molecule has 2 aromatic heterocycles. The Kier molecular flexibility index (Phi) is 4.20. The summed E-state index contributed by atoms with van der Waals surface area (Å²) in [5.74, 6) is 0.555. The standard InChI is InChI=1S/C17H22N6O2/c1-6-7-8-21-15(24)13-14(20(5)17(21)25)18-16-22(13)10-12(4)19-23(16)9-11(2)3/h6-7H,2,8-10H2,1,3-5H3/b7-6+. The Hall–Kier alpha value is -2.90. The van der Waals surface area contributed by atoms with E-state index in [4.69, 9.17) is 0 Å². The van der Waals surface area contributed by atoms with Gasteiger partial charge in [0.25, 0.3) is 5.56 Å². The first-order chi connectivity index (χ1) is 11.8. The van der Waals surface area contributed by atoms with Crippen LogP contribution in [0.5, 0.6) is 0 Å². The first-order valence-electron chi connectivity index (χ1n) is 8.12. The van der Waals surface area contributed by atoms with Crippen LogP contribution in [0.1, 0.15) is 20.8 Å². The molecule has 0 saturated carbocycles. The Morgan fingerprint density at radius 1 is 1.36 bits per heavy atom.